The highest BCUT2D eigenvalue weighted by molar-refractivity contribution is 5.28. The molecule has 2 heteroatoms. The second-order valence-electron chi connectivity index (χ2n) is 3.99. The Morgan fingerprint density at radius 1 is 1.27 bits per heavy atom. The van der Waals surface area contributed by atoms with E-state index in [0.717, 1.165) is 18.4 Å². The summed E-state index contributed by atoms with van der Waals surface area (Å²) in [7, 11) is 3.85. The van der Waals surface area contributed by atoms with E-state index in [1.165, 1.54) is 5.56 Å². The van der Waals surface area contributed by atoms with E-state index in [-0.39, 0.29) is 6.04 Å². The molecule has 15 heavy (non-hydrogen) atoms. The van der Waals surface area contributed by atoms with Gasteiger partial charge in [-0.05, 0) is 31.6 Å². The number of hydrogen-bond acceptors (Lipinski definition) is 2. The maximum Gasteiger partial charge on any atom is 0.123 e. The van der Waals surface area contributed by atoms with Crippen molar-refractivity contribution >= 4 is 0 Å². The number of hydrogen-bond donors (Lipinski definition) is 0. The van der Waals surface area contributed by atoms with E-state index < -0.39 is 0 Å². The molecule has 0 saturated heterocycles. The Balaban J connectivity index is 2.83. The van der Waals surface area contributed by atoms with Crippen molar-refractivity contribution in [3.8, 4) is 6.07 Å². The topological polar surface area (TPSA) is 27.0 Å². The van der Waals surface area contributed by atoms with Crippen molar-refractivity contribution in [2.24, 2.45) is 0 Å². The summed E-state index contributed by atoms with van der Waals surface area (Å²) in [4.78, 5) is 1.93. The fourth-order valence-corrected chi connectivity index (χ4v) is 1.64. The zero-order chi connectivity index (χ0) is 11.3. The molecule has 1 aromatic carbocycles. The van der Waals surface area contributed by atoms with Crippen LogP contribution in [0.1, 0.15) is 30.5 Å². The molecular weight excluding hydrogens is 184 g/mol. The van der Waals surface area contributed by atoms with Gasteiger partial charge in [0.25, 0.3) is 0 Å². The number of benzene rings is 1. The molecule has 0 bridgehead atoms. The average molecular weight is 202 g/mol. The third kappa shape index (κ3) is 3.07. The molecule has 0 amide bonds. The van der Waals surface area contributed by atoms with Crippen molar-refractivity contribution in [3.63, 3.8) is 0 Å². The summed E-state index contributed by atoms with van der Waals surface area (Å²) in [6.07, 6.45) is 2.27. The predicted octanol–water partition coefficient (Wildman–Crippen LogP) is 2.77. The van der Waals surface area contributed by atoms with Crippen LogP contribution in [-0.4, -0.2) is 19.0 Å². The fourth-order valence-electron chi connectivity index (χ4n) is 1.64. The standard InChI is InChI=1S/C13H18N2/c1-4-5-11-6-8-12(9-7-11)13(10-14)15(2)3/h6-9,13H,4-5H2,1-3H3. The highest BCUT2D eigenvalue weighted by Crippen LogP contribution is 2.18. The minimum absolute atomic E-state index is 0.138. The molecule has 1 unspecified atom stereocenters. The molecule has 1 rings (SSSR count). The molecule has 0 spiro atoms. The van der Waals surface area contributed by atoms with Gasteiger partial charge in [-0.15, -0.1) is 0 Å². The lowest BCUT2D eigenvalue weighted by Crippen LogP contribution is -2.18. The Hall–Kier alpha value is -1.33. The molecular formula is C13H18N2. The normalized spacial score (nSPS) is 12.5. The first-order chi connectivity index (χ1) is 7.19. The van der Waals surface area contributed by atoms with E-state index >= 15 is 0 Å². The van der Waals surface area contributed by atoms with Crippen LogP contribution in [0.15, 0.2) is 24.3 Å². The van der Waals surface area contributed by atoms with Crippen LogP contribution in [0.3, 0.4) is 0 Å². The van der Waals surface area contributed by atoms with Gasteiger partial charge in [-0.25, -0.2) is 0 Å². The van der Waals surface area contributed by atoms with Crippen LogP contribution < -0.4 is 0 Å². The minimum Gasteiger partial charge on any atom is -0.291 e. The summed E-state index contributed by atoms with van der Waals surface area (Å²) >= 11 is 0. The van der Waals surface area contributed by atoms with Crippen LogP contribution in [0.25, 0.3) is 0 Å². The van der Waals surface area contributed by atoms with Crippen molar-refractivity contribution in [1.82, 2.24) is 4.90 Å². The summed E-state index contributed by atoms with van der Waals surface area (Å²) in [5.74, 6) is 0. The maximum absolute atomic E-state index is 9.03. The summed E-state index contributed by atoms with van der Waals surface area (Å²) in [6, 6.07) is 10.5. The molecule has 80 valence electrons. The Bertz CT molecular complexity index is 333. The van der Waals surface area contributed by atoms with Gasteiger partial charge >= 0.3 is 0 Å². The van der Waals surface area contributed by atoms with E-state index in [1.807, 2.05) is 19.0 Å². The molecule has 0 aliphatic carbocycles. The van der Waals surface area contributed by atoms with Crippen molar-refractivity contribution in [1.29, 1.82) is 5.26 Å². The largest absolute Gasteiger partial charge is 0.291 e. The summed E-state index contributed by atoms with van der Waals surface area (Å²) in [5.41, 5.74) is 2.42. The van der Waals surface area contributed by atoms with Gasteiger partial charge in [-0.2, -0.15) is 5.26 Å². The van der Waals surface area contributed by atoms with Gasteiger partial charge in [0.15, 0.2) is 0 Å². The monoisotopic (exact) mass is 202 g/mol. The number of nitriles is 1. The van der Waals surface area contributed by atoms with Crippen LogP contribution in [0.2, 0.25) is 0 Å². The highest BCUT2D eigenvalue weighted by atomic mass is 15.1. The molecule has 0 aliphatic heterocycles. The van der Waals surface area contributed by atoms with E-state index in [9.17, 15) is 0 Å². The molecule has 1 aromatic rings. The molecule has 0 N–H and O–H groups in total. The number of aryl methyl sites for hydroxylation is 1. The first-order valence-electron chi connectivity index (χ1n) is 5.34. The first-order valence-corrected chi connectivity index (χ1v) is 5.34. The Morgan fingerprint density at radius 3 is 2.27 bits per heavy atom. The molecule has 0 heterocycles. The zero-order valence-electron chi connectivity index (χ0n) is 9.70. The lowest BCUT2D eigenvalue weighted by atomic mass is 10.0. The van der Waals surface area contributed by atoms with E-state index in [2.05, 4.69) is 37.3 Å². The van der Waals surface area contributed by atoms with Gasteiger partial charge in [0.05, 0.1) is 6.07 Å². The summed E-state index contributed by atoms with van der Waals surface area (Å²) < 4.78 is 0. The van der Waals surface area contributed by atoms with Crippen LogP contribution >= 0.6 is 0 Å². The molecule has 0 fully saturated rings. The molecule has 0 radical (unpaired) electrons. The van der Waals surface area contributed by atoms with Gasteiger partial charge in [0.2, 0.25) is 0 Å². The van der Waals surface area contributed by atoms with Gasteiger partial charge in [0, 0.05) is 0 Å². The molecule has 2 nitrogen and oxygen atoms in total. The third-order valence-electron chi connectivity index (χ3n) is 2.47. The second-order valence-corrected chi connectivity index (χ2v) is 3.99. The molecule has 0 aromatic heterocycles. The average Bonchev–Trinajstić information content (AvgIpc) is 2.21. The van der Waals surface area contributed by atoms with Crippen LogP contribution in [0.5, 0.6) is 0 Å². The second kappa shape index (κ2) is 5.53. The summed E-state index contributed by atoms with van der Waals surface area (Å²) in [6.45, 7) is 2.17. The first kappa shape index (κ1) is 11.7. The smallest absolute Gasteiger partial charge is 0.123 e. The summed E-state index contributed by atoms with van der Waals surface area (Å²) in [5, 5.41) is 9.03. The van der Waals surface area contributed by atoms with Crippen LogP contribution in [0, 0.1) is 11.3 Å². The predicted molar refractivity (Wildman–Crippen MR) is 62.5 cm³/mol. The van der Waals surface area contributed by atoms with Gasteiger partial charge in [-0.1, -0.05) is 37.6 Å². The highest BCUT2D eigenvalue weighted by Gasteiger charge is 2.11. The quantitative estimate of drug-likeness (QED) is 0.750. The Kier molecular flexibility index (Phi) is 4.33. The van der Waals surface area contributed by atoms with Crippen molar-refractivity contribution in [2.45, 2.75) is 25.8 Å². The lowest BCUT2D eigenvalue weighted by Gasteiger charge is -2.17. The minimum atomic E-state index is -0.138. The molecule has 0 saturated carbocycles. The van der Waals surface area contributed by atoms with Gasteiger partial charge in [-0.3, -0.25) is 4.90 Å². The van der Waals surface area contributed by atoms with Gasteiger partial charge < -0.3 is 0 Å². The fraction of sp³-hybridized carbons (Fsp3) is 0.462. The Labute approximate surface area is 92.1 Å². The molecule has 1 atom stereocenters. The SMILES string of the molecule is CCCc1ccc(C(C#N)N(C)C)cc1. The van der Waals surface area contributed by atoms with Gasteiger partial charge in [0.1, 0.15) is 6.04 Å². The zero-order valence-corrected chi connectivity index (χ0v) is 9.70. The van der Waals surface area contributed by atoms with E-state index in [0.29, 0.717) is 0 Å². The van der Waals surface area contributed by atoms with Crippen molar-refractivity contribution in [3.05, 3.63) is 35.4 Å². The van der Waals surface area contributed by atoms with Crippen LogP contribution in [-0.2, 0) is 6.42 Å². The Morgan fingerprint density at radius 2 is 1.87 bits per heavy atom. The lowest BCUT2D eigenvalue weighted by molar-refractivity contribution is 0.358. The number of rotatable bonds is 4. The van der Waals surface area contributed by atoms with Crippen molar-refractivity contribution < 1.29 is 0 Å². The maximum atomic E-state index is 9.03. The van der Waals surface area contributed by atoms with Crippen molar-refractivity contribution in [2.75, 3.05) is 14.1 Å². The van der Waals surface area contributed by atoms with E-state index in [1.54, 1.807) is 0 Å². The van der Waals surface area contributed by atoms with Crippen LogP contribution in [0.4, 0.5) is 0 Å². The third-order valence-corrected chi connectivity index (χ3v) is 2.47. The number of nitrogens with zero attached hydrogens (tertiary/aromatic N) is 2. The molecule has 0 aliphatic rings. The van der Waals surface area contributed by atoms with E-state index in [4.69, 9.17) is 5.26 Å².